The van der Waals surface area contributed by atoms with Crippen molar-refractivity contribution in [2.75, 3.05) is 0 Å². The Balaban J connectivity index is 1.65. The lowest BCUT2D eigenvalue weighted by molar-refractivity contribution is -0.119. The summed E-state index contributed by atoms with van der Waals surface area (Å²) in [6, 6.07) is 10.2. The van der Waals surface area contributed by atoms with Gasteiger partial charge in [-0.2, -0.15) is 5.10 Å². The Hall–Kier alpha value is -1.49. The first kappa shape index (κ1) is 13.9. The van der Waals surface area contributed by atoms with Crippen LogP contribution in [0.15, 0.2) is 35.4 Å². The molecule has 0 aromatic heterocycles. The lowest BCUT2D eigenvalue weighted by Gasteiger charge is -2.05. The molecule has 1 aromatic rings. The molecule has 0 fully saturated rings. The highest BCUT2D eigenvalue weighted by atomic mass is 32.2. The van der Waals surface area contributed by atoms with Crippen molar-refractivity contribution in [1.29, 1.82) is 0 Å². The zero-order valence-corrected chi connectivity index (χ0v) is 11.9. The van der Waals surface area contributed by atoms with E-state index in [1.165, 1.54) is 5.56 Å². The molecule has 1 atom stereocenters. The predicted molar refractivity (Wildman–Crippen MR) is 79.8 cm³/mol. The van der Waals surface area contributed by atoms with E-state index in [1.807, 2.05) is 18.2 Å². The van der Waals surface area contributed by atoms with Gasteiger partial charge in [-0.1, -0.05) is 49.0 Å². The zero-order chi connectivity index (χ0) is 13.5. The molecule has 1 unspecified atom stereocenters. The molecule has 1 aromatic carbocycles. The van der Waals surface area contributed by atoms with Crippen LogP contribution in [0.2, 0.25) is 0 Å². The highest BCUT2D eigenvalue weighted by Crippen LogP contribution is 2.17. The molecule has 1 heterocycles. The van der Waals surface area contributed by atoms with Crippen LogP contribution in [0, 0.1) is 0 Å². The number of thioether (sulfide) groups is 1. The summed E-state index contributed by atoms with van der Waals surface area (Å²) in [7, 11) is 0. The van der Waals surface area contributed by atoms with Gasteiger partial charge in [0.1, 0.15) is 0 Å². The maximum atomic E-state index is 11.8. The Morgan fingerprint density at radius 3 is 2.89 bits per heavy atom. The third-order valence-corrected chi connectivity index (χ3v) is 4.03. The maximum Gasteiger partial charge on any atom is 0.225 e. The number of amides is 1. The first-order valence-corrected chi connectivity index (χ1v) is 7.49. The lowest BCUT2D eigenvalue weighted by atomic mass is 10.1. The van der Waals surface area contributed by atoms with E-state index in [-0.39, 0.29) is 5.91 Å². The fourth-order valence-electron chi connectivity index (χ4n) is 1.83. The van der Waals surface area contributed by atoms with Gasteiger partial charge >= 0.3 is 0 Å². The number of carbonyl (C=O) groups excluding carboxylic acids is 1. The number of benzene rings is 1. The van der Waals surface area contributed by atoms with Gasteiger partial charge in [-0.25, -0.2) is 0 Å². The van der Waals surface area contributed by atoms with E-state index in [0.29, 0.717) is 17.0 Å². The van der Waals surface area contributed by atoms with Crippen LogP contribution in [0.25, 0.3) is 0 Å². The fraction of sp³-hybridized carbons (Fsp3) is 0.429. The third kappa shape index (κ3) is 4.59. The monoisotopic (exact) mass is 277 g/mol. The summed E-state index contributed by atoms with van der Waals surface area (Å²) in [5.41, 5.74) is 4.25. The summed E-state index contributed by atoms with van der Waals surface area (Å²) in [6.07, 6.45) is 3.31. The van der Waals surface area contributed by atoms with Crippen LogP contribution in [0.5, 0.6) is 0 Å². The zero-order valence-electron chi connectivity index (χ0n) is 11.1. The number of rotatable bonds is 5. The molecule has 1 aliphatic heterocycles. The Bertz CT molecular complexity index is 447. The minimum atomic E-state index is 0.0423. The van der Waals surface area contributed by atoms with E-state index in [0.717, 1.165) is 19.3 Å². The second-order valence-electron chi connectivity index (χ2n) is 4.45. The van der Waals surface area contributed by atoms with Gasteiger partial charge in [0.2, 0.25) is 5.91 Å². The van der Waals surface area contributed by atoms with Crippen molar-refractivity contribution in [3.05, 3.63) is 35.9 Å². The van der Waals surface area contributed by atoms with Gasteiger partial charge in [0.15, 0.2) is 5.17 Å². The molecule has 102 valence electrons. The average Bonchev–Trinajstić information content (AvgIpc) is 2.87. The summed E-state index contributed by atoms with van der Waals surface area (Å²) in [5.74, 6) is 0.0423. The molecule has 0 radical (unpaired) electrons. The third-order valence-electron chi connectivity index (χ3n) is 2.89. The van der Waals surface area contributed by atoms with Gasteiger partial charge in [0.25, 0.3) is 0 Å². The van der Waals surface area contributed by atoms with E-state index < -0.39 is 0 Å². The van der Waals surface area contributed by atoms with Crippen LogP contribution >= 0.6 is 11.8 Å². The molecule has 2 N–H and O–H groups in total. The second kappa shape index (κ2) is 7.19. The van der Waals surface area contributed by atoms with Gasteiger partial charge in [0.05, 0.1) is 5.37 Å². The van der Waals surface area contributed by atoms with Crippen molar-refractivity contribution >= 4 is 22.8 Å². The molecule has 0 aliphatic carbocycles. The minimum absolute atomic E-state index is 0.0423. The average molecular weight is 277 g/mol. The Morgan fingerprint density at radius 1 is 1.42 bits per heavy atom. The highest BCUT2D eigenvalue weighted by Gasteiger charge is 2.18. The summed E-state index contributed by atoms with van der Waals surface area (Å²) in [6.45, 7) is 2.09. The molecule has 2 rings (SSSR count). The fourth-order valence-corrected chi connectivity index (χ4v) is 2.65. The smallest absolute Gasteiger partial charge is 0.225 e. The summed E-state index contributed by atoms with van der Waals surface area (Å²) in [4.78, 5) is 11.8. The summed E-state index contributed by atoms with van der Waals surface area (Å²) >= 11 is 1.58. The first-order chi connectivity index (χ1) is 9.28. The first-order valence-electron chi connectivity index (χ1n) is 6.61. The summed E-state index contributed by atoms with van der Waals surface area (Å²) < 4.78 is 0. The Morgan fingerprint density at radius 2 is 2.21 bits per heavy atom. The molecule has 1 amide bonds. The normalized spacial score (nSPS) is 17.7. The topological polar surface area (TPSA) is 53.5 Å². The number of aryl methyl sites for hydroxylation is 1. The highest BCUT2D eigenvalue weighted by molar-refractivity contribution is 8.14. The molecule has 4 nitrogen and oxygen atoms in total. The van der Waals surface area contributed by atoms with E-state index in [9.17, 15) is 4.79 Å². The van der Waals surface area contributed by atoms with Gasteiger partial charge < -0.3 is 5.32 Å². The van der Waals surface area contributed by atoms with E-state index in [2.05, 4.69) is 34.9 Å². The van der Waals surface area contributed by atoms with Gasteiger partial charge in [-0.3, -0.25) is 10.2 Å². The molecular weight excluding hydrogens is 258 g/mol. The molecule has 0 saturated heterocycles. The molecule has 0 bridgehead atoms. The largest absolute Gasteiger partial charge is 0.304 e. The maximum absolute atomic E-state index is 11.8. The molecule has 1 aliphatic rings. The van der Waals surface area contributed by atoms with Crippen molar-refractivity contribution in [2.24, 2.45) is 5.10 Å². The standard InChI is InChI=1S/C14H19N3OS/c1-2-13-16-17-14(19-13)15-12(18)10-6-9-11-7-4-3-5-8-11/h3-5,7-8,13,16H,2,6,9-10H2,1H3,(H,15,17,18). The number of hydrogen-bond donors (Lipinski definition) is 2. The minimum Gasteiger partial charge on any atom is -0.304 e. The van der Waals surface area contributed by atoms with Gasteiger partial charge in [-0.05, 0) is 24.8 Å². The van der Waals surface area contributed by atoms with E-state index >= 15 is 0 Å². The van der Waals surface area contributed by atoms with Crippen LogP contribution in [-0.4, -0.2) is 16.4 Å². The van der Waals surface area contributed by atoms with Crippen LogP contribution < -0.4 is 10.7 Å². The number of nitrogens with zero attached hydrogens (tertiary/aromatic N) is 1. The van der Waals surface area contributed by atoms with Crippen molar-refractivity contribution in [3.8, 4) is 0 Å². The van der Waals surface area contributed by atoms with Crippen molar-refractivity contribution in [3.63, 3.8) is 0 Å². The van der Waals surface area contributed by atoms with E-state index in [4.69, 9.17) is 0 Å². The quantitative estimate of drug-likeness (QED) is 0.869. The number of hydrazone groups is 1. The Labute approximate surface area is 118 Å². The van der Waals surface area contributed by atoms with Crippen molar-refractivity contribution < 1.29 is 4.79 Å². The second-order valence-corrected chi connectivity index (χ2v) is 5.64. The predicted octanol–water partition coefficient (Wildman–Crippen LogP) is 2.47. The lowest BCUT2D eigenvalue weighted by Crippen LogP contribution is -2.27. The van der Waals surface area contributed by atoms with Crippen LogP contribution in [0.1, 0.15) is 31.7 Å². The molecule has 5 heteroatoms. The molecule has 0 saturated carbocycles. The number of nitrogens with one attached hydrogen (secondary N) is 2. The van der Waals surface area contributed by atoms with Gasteiger partial charge in [-0.15, -0.1) is 0 Å². The van der Waals surface area contributed by atoms with E-state index in [1.54, 1.807) is 11.8 Å². The number of amidine groups is 1. The molecular formula is C14H19N3OS. The molecule has 0 spiro atoms. The Kier molecular flexibility index (Phi) is 5.27. The molecule has 19 heavy (non-hydrogen) atoms. The van der Waals surface area contributed by atoms with Crippen LogP contribution in [0.3, 0.4) is 0 Å². The SMILES string of the molecule is CCC1NN=C(NC(=O)CCCc2ccccc2)S1. The van der Waals surface area contributed by atoms with Gasteiger partial charge in [0, 0.05) is 6.42 Å². The number of hydrogen-bond acceptors (Lipinski definition) is 4. The van der Waals surface area contributed by atoms with Crippen molar-refractivity contribution in [2.45, 2.75) is 38.0 Å². The van der Waals surface area contributed by atoms with Crippen LogP contribution in [0.4, 0.5) is 0 Å². The van der Waals surface area contributed by atoms with Crippen LogP contribution in [-0.2, 0) is 11.2 Å². The van der Waals surface area contributed by atoms with Crippen molar-refractivity contribution in [1.82, 2.24) is 10.7 Å². The summed E-state index contributed by atoms with van der Waals surface area (Å²) in [5, 5.41) is 7.92. The number of carbonyl (C=O) groups is 1.